The smallest absolute Gasteiger partial charge is 0.0736 e. The molecule has 10 heavy (non-hydrogen) atoms. The van der Waals surface area contributed by atoms with Crippen molar-refractivity contribution < 1.29 is 4.05 Å². The highest BCUT2D eigenvalue weighted by atomic mass is 32.1. The van der Waals surface area contributed by atoms with E-state index in [1.807, 2.05) is 6.08 Å². The van der Waals surface area contributed by atoms with E-state index < -0.39 is 0 Å². The van der Waals surface area contributed by atoms with Gasteiger partial charge in [-0.2, -0.15) is 0 Å². The van der Waals surface area contributed by atoms with Gasteiger partial charge in [-0.15, -0.1) is 0 Å². The van der Waals surface area contributed by atoms with Crippen LogP contribution in [0.2, 0.25) is 0 Å². The molecule has 0 aromatic rings. The summed E-state index contributed by atoms with van der Waals surface area (Å²) in [5, 5.41) is 3.79. The van der Waals surface area contributed by atoms with Crippen LogP contribution in [0.5, 0.6) is 0 Å². The van der Waals surface area contributed by atoms with Gasteiger partial charge in [0, 0.05) is 0 Å². The quantitative estimate of drug-likeness (QED) is 0.472. The Hall–Kier alpha value is -1.16. The second-order valence-corrected chi connectivity index (χ2v) is 1.93. The third kappa shape index (κ3) is 2.41. The summed E-state index contributed by atoms with van der Waals surface area (Å²) >= 11 is 4.71. The van der Waals surface area contributed by atoms with Crippen LogP contribution in [0.4, 0.5) is 0 Å². The first-order valence-electron chi connectivity index (χ1n) is 2.75. The van der Waals surface area contributed by atoms with Crippen LogP contribution in [0.1, 0.15) is 0 Å². The molecule has 0 aromatic carbocycles. The van der Waals surface area contributed by atoms with Crippen molar-refractivity contribution in [2.45, 2.75) is 0 Å². The van der Waals surface area contributed by atoms with Crippen LogP contribution in [0.3, 0.4) is 0 Å². The van der Waals surface area contributed by atoms with Gasteiger partial charge in [-0.1, -0.05) is 16.2 Å². The minimum atomic E-state index is 1.22. The highest BCUT2D eigenvalue weighted by Crippen LogP contribution is 1.81. The summed E-state index contributed by atoms with van der Waals surface area (Å²) in [4.78, 5) is 3.82. The number of hydrogen-bond acceptors (Lipinski definition) is 2. The van der Waals surface area contributed by atoms with E-state index in [9.17, 15) is 0 Å². The van der Waals surface area contributed by atoms with Gasteiger partial charge in [0.2, 0.25) is 0 Å². The van der Waals surface area contributed by atoms with Crippen LogP contribution in [0, 0.1) is 0 Å². The van der Waals surface area contributed by atoms with Gasteiger partial charge in [0.15, 0.2) is 12.4 Å². The minimum absolute atomic E-state index is 1.22. The maximum Gasteiger partial charge on any atom is 0.324 e. The van der Waals surface area contributed by atoms with Gasteiger partial charge in [0.1, 0.15) is 6.20 Å². The summed E-state index contributed by atoms with van der Waals surface area (Å²) in [5.41, 5.74) is 0. The molecular weight excluding hydrogens is 146 g/mol. The van der Waals surface area contributed by atoms with Crippen molar-refractivity contribution in [2.24, 2.45) is 10.1 Å². The molecule has 0 atom stereocenters. The van der Waals surface area contributed by atoms with Gasteiger partial charge in [0.25, 0.3) is 0 Å². The average Bonchev–Trinajstić information content (AvgIpc) is 2.02. The van der Waals surface area contributed by atoms with Gasteiger partial charge in [-0.3, -0.25) is 0 Å². The summed E-state index contributed by atoms with van der Waals surface area (Å²) in [7, 11) is 0. The van der Waals surface area contributed by atoms with Crippen molar-refractivity contribution in [3.63, 3.8) is 0 Å². The molecule has 0 radical (unpaired) electrons. The molecular formula is C6H6N3S+. The number of hydrazone groups is 1. The van der Waals surface area contributed by atoms with Gasteiger partial charge in [-0.25, -0.2) is 0 Å². The molecule has 1 rings (SSSR count). The fraction of sp³-hybridized carbons (Fsp3) is 0. The molecule has 0 saturated carbocycles. The van der Waals surface area contributed by atoms with E-state index in [1.165, 1.54) is 10.4 Å². The van der Waals surface area contributed by atoms with Crippen molar-refractivity contribution in [3.8, 4) is 0 Å². The Morgan fingerprint density at radius 2 is 2.10 bits per heavy atom. The van der Waals surface area contributed by atoms with E-state index in [-0.39, 0.29) is 0 Å². The molecule has 3 nitrogen and oxygen atoms in total. The van der Waals surface area contributed by atoms with Crippen molar-refractivity contribution in [1.29, 1.82) is 0 Å². The zero-order valence-corrected chi connectivity index (χ0v) is 6.03. The Morgan fingerprint density at radius 1 is 1.20 bits per heavy atom. The van der Waals surface area contributed by atoms with E-state index in [0.717, 1.165) is 0 Å². The molecule has 1 aliphatic heterocycles. The Labute approximate surface area is 64.2 Å². The first kappa shape index (κ1) is 6.95. The van der Waals surface area contributed by atoms with Crippen LogP contribution >= 0.6 is 0 Å². The first-order chi connectivity index (χ1) is 4.89. The van der Waals surface area contributed by atoms with Crippen molar-refractivity contribution in [2.75, 3.05) is 0 Å². The SMILES string of the molecule is S=[N+]1C=N/C=C/C=C\C=N1. The van der Waals surface area contributed by atoms with Crippen molar-refractivity contribution in [1.82, 2.24) is 0 Å². The maximum atomic E-state index is 4.71. The van der Waals surface area contributed by atoms with Crippen LogP contribution in [-0.2, 0) is 12.4 Å². The van der Waals surface area contributed by atoms with Crippen LogP contribution in [0.15, 0.2) is 34.5 Å². The maximum absolute atomic E-state index is 4.71. The predicted octanol–water partition coefficient (Wildman–Crippen LogP) is 0.827. The van der Waals surface area contributed by atoms with Gasteiger partial charge in [-0.05, 0) is 16.2 Å². The molecule has 0 fully saturated rings. The molecule has 1 aliphatic rings. The van der Waals surface area contributed by atoms with Crippen molar-refractivity contribution in [3.05, 3.63) is 24.4 Å². The molecule has 0 aliphatic carbocycles. The van der Waals surface area contributed by atoms with Gasteiger partial charge >= 0.3 is 6.34 Å². The Balaban J connectivity index is 2.80. The monoisotopic (exact) mass is 152 g/mol. The molecule has 0 amide bonds. The molecule has 0 unspecified atom stereocenters. The molecule has 0 aromatic heterocycles. The van der Waals surface area contributed by atoms with E-state index in [0.29, 0.717) is 0 Å². The fourth-order valence-electron chi connectivity index (χ4n) is 0.443. The van der Waals surface area contributed by atoms with E-state index in [1.54, 1.807) is 24.6 Å². The fourth-order valence-corrected chi connectivity index (χ4v) is 0.552. The average molecular weight is 152 g/mol. The number of hydrogen-bond donors (Lipinski definition) is 0. The molecule has 0 N–H and O–H groups in total. The topological polar surface area (TPSA) is 27.7 Å². The van der Waals surface area contributed by atoms with E-state index in [2.05, 4.69) is 10.1 Å². The Kier molecular flexibility index (Phi) is 2.63. The van der Waals surface area contributed by atoms with E-state index in [4.69, 9.17) is 12.4 Å². The first-order valence-corrected chi connectivity index (χ1v) is 3.11. The summed E-state index contributed by atoms with van der Waals surface area (Å²) in [6, 6.07) is 0. The molecule has 0 bridgehead atoms. The Bertz CT molecular complexity index is 213. The summed E-state index contributed by atoms with van der Waals surface area (Å²) < 4.78 is 1.22. The Morgan fingerprint density at radius 3 is 3.00 bits per heavy atom. The van der Waals surface area contributed by atoms with Crippen LogP contribution in [-0.4, -0.2) is 16.6 Å². The molecule has 4 heteroatoms. The van der Waals surface area contributed by atoms with Gasteiger partial charge < -0.3 is 0 Å². The third-order valence-corrected chi connectivity index (χ3v) is 1.01. The number of rotatable bonds is 0. The second-order valence-electron chi connectivity index (χ2n) is 1.56. The number of nitrogens with zero attached hydrogens (tertiary/aromatic N) is 3. The highest BCUT2D eigenvalue weighted by molar-refractivity contribution is 7.44. The standard InChI is InChI=1S/C6H6N3S/c10-9-6-7-4-2-1-3-5-8-9/h1-6H/q+1/b3-1-,4-2+,7-6?,8-5?. The lowest BCUT2D eigenvalue weighted by molar-refractivity contribution is -0.368. The number of allylic oxidation sites excluding steroid dienone is 3. The lowest BCUT2D eigenvalue weighted by Crippen LogP contribution is -1.94. The lowest BCUT2D eigenvalue weighted by atomic mass is 10.5. The van der Waals surface area contributed by atoms with E-state index >= 15 is 0 Å². The minimum Gasteiger partial charge on any atom is -0.0736 e. The zero-order valence-electron chi connectivity index (χ0n) is 5.21. The predicted molar refractivity (Wildman–Crippen MR) is 42.9 cm³/mol. The summed E-state index contributed by atoms with van der Waals surface area (Å²) in [6.45, 7) is 0. The molecule has 0 saturated heterocycles. The highest BCUT2D eigenvalue weighted by Gasteiger charge is 1.87. The lowest BCUT2D eigenvalue weighted by Gasteiger charge is -1.74. The van der Waals surface area contributed by atoms with Crippen LogP contribution in [0.25, 0.3) is 0 Å². The molecule has 50 valence electrons. The molecule has 0 spiro atoms. The zero-order chi connectivity index (χ0) is 7.23. The second kappa shape index (κ2) is 3.79. The van der Waals surface area contributed by atoms with Crippen molar-refractivity contribution >= 4 is 25.0 Å². The largest absolute Gasteiger partial charge is 0.324 e. The third-order valence-electron chi connectivity index (χ3n) is 0.826. The van der Waals surface area contributed by atoms with Gasteiger partial charge in [0.05, 0.1) is 6.21 Å². The summed E-state index contributed by atoms with van der Waals surface area (Å²) in [6.07, 6.45) is 10.1. The normalized spacial score (nSPS) is 23.0. The summed E-state index contributed by atoms with van der Waals surface area (Å²) in [5.74, 6) is 0. The van der Waals surface area contributed by atoms with Crippen LogP contribution < -0.4 is 0 Å². The molecule has 1 heterocycles. The number of aliphatic imine (C=N–C) groups is 1.